The van der Waals surface area contributed by atoms with Gasteiger partial charge in [0.2, 0.25) is 0 Å². The van der Waals surface area contributed by atoms with Gasteiger partial charge in [0.15, 0.2) is 0 Å². The van der Waals surface area contributed by atoms with Gasteiger partial charge in [-0.25, -0.2) is 4.39 Å². The second kappa shape index (κ2) is 6.65. The second-order valence-corrected chi connectivity index (χ2v) is 8.05. The fraction of sp³-hybridized carbons (Fsp3) is 0.429. The van der Waals surface area contributed by atoms with Gasteiger partial charge in [0.25, 0.3) is 0 Å². The number of aromatic nitrogens is 2. The smallest absolute Gasteiger partial charge is 0.312 e. The van der Waals surface area contributed by atoms with Crippen LogP contribution >= 0.6 is 0 Å². The van der Waals surface area contributed by atoms with Crippen molar-refractivity contribution in [3.63, 3.8) is 0 Å². The molecule has 6 rings (SSSR count). The summed E-state index contributed by atoms with van der Waals surface area (Å²) >= 11 is 0. The lowest BCUT2D eigenvalue weighted by atomic mass is 9.84. The van der Waals surface area contributed by atoms with E-state index < -0.39 is 5.91 Å². The molecule has 6 nitrogen and oxygen atoms in total. The number of hydrogen-bond donors (Lipinski definition) is 0. The topological polar surface area (TPSA) is 66.4 Å². The summed E-state index contributed by atoms with van der Waals surface area (Å²) in [6.45, 7) is 1.37. The monoisotopic (exact) mass is 380 g/mol. The summed E-state index contributed by atoms with van der Waals surface area (Å²) < 4.78 is 13.4. The predicted molar refractivity (Wildman–Crippen MR) is 99.2 cm³/mol. The molecule has 1 aliphatic heterocycles. The standard InChI is InChI=1S/C21H21FN4O2/c22-16-3-1-2-14(11-16)18-5-4-17(23-24-18)12-25-6-7-26(21(28)20(25)27)19-10-13-8-15(19)9-13/h1-5,11,13,15,19H,6-10,12H2/t13?,15?,19-/m1/s1. The molecule has 2 aromatic rings. The molecule has 3 saturated carbocycles. The lowest BCUT2D eigenvalue weighted by molar-refractivity contribution is -0.158. The third kappa shape index (κ3) is 2.95. The second-order valence-electron chi connectivity index (χ2n) is 8.05. The third-order valence-corrected chi connectivity index (χ3v) is 6.33. The average molecular weight is 380 g/mol. The largest absolute Gasteiger partial charge is 0.329 e. The molecule has 1 aromatic carbocycles. The van der Waals surface area contributed by atoms with Crippen molar-refractivity contribution in [1.29, 1.82) is 0 Å². The van der Waals surface area contributed by atoms with E-state index in [9.17, 15) is 14.0 Å². The van der Waals surface area contributed by atoms with E-state index in [1.807, 2.05) is 0 Å². The molecule has 1 saturated heterocycles. The number of halogens is 1. The summed E-state index contributed by atoms with van der Waals surface area (Å²) in [7, 11) is 0. The van der Waals surface area contributed by atoms with Crippen LogP contribution in [0.2, 0.25) is 0 Å². The van der Waals surface area contributed by atoms with Gasteiger partial charge in [0.05, 0.1) is 17.9 Å². The van der Waals surface area contributed by atoms with Crippen molar-refractivity contribution in [2.24, 2.45) is 11.8 Å². The number of hydrogen-bond acceptors (Lipinski definition) is 4. The van der Waals surface area contributed by atoms with Gasteiger partial charge in [0.1, 0.15) is 5.82 Å². The maximum atomic E-state index is 13.4. The first-order chi connectivity index (χ1) is 13.6. The van der Waals surface area contributed by atoms with Gasteiger partial charge in [0, 0.05) is 24.7 Å². The Bertz CT molecular complexity index is 926. The molecule has 7 heteroatoms. The number of carbonyl (C=O) groups is 2. The number of fused-ring (bicyclic) bond motifs is 1. The number of rotatable bonds is 4. The number of amides is 2. The van der Waals surface area contributed by atoms with Crippen LogP contribution in [-0.4, -0.2) is 50.9 Å². The van der Waals surface area contributed by atoms with E-state index in [4.69, 9.17) is 0 Å². The molecular weight excluding hydrogens is 359 g/mol. The third-order valence-electron chi connectivity index (χ3n) is 6.33. The summed E-state index contributed by atoms with van der Waals surface area (Å²) in [6.07, 6.45) is 3.47. The molecule has 2 heterocycles. The van der Waals surface area contributed by atoms with Crippen molar-refractivity contribution < 1.29 is 14.0 Å². The van der Waals surface area contributed by atoms with E-state index >= 15 is 0 Å². The van der Waals surface area contributed by atoms with Crippen LogP contribution in [0.3, 0.4) is 0 Å². The van der Waals surface area contributed by atoms with Crippen LogP contribution in [0.4, 0.5) is 4.39 Å². The zero-order valence-corrected chi connectivity index (χ0v) is 15.4. The lowest BCUT2D eigenvalue weighted by Crippen LogP contribution is -2.57. The molecular formula is C21H21FN4O2. The Morgan fingerprint density at radius 1 is 1.00 bits per heavy atom. The number of nitrogens with zero attached hydrogens (tertiary/aromatic N) is 4. The quantitative estimate of drug-likeness (QED) is 0.763. The minimum atomic E-state index is -0.452. The van der Waals surface area contributed by atoms with E-state index in [2.05, 4.69) is 10.2 Å². The van der Waals surface area contributed by atoms with Crippen LogP contribution in [0.15, 0.2) is 36.4 Å². The average Bonchev–Trinajstić information content (AvgIpc) is 3.27. The fourth-order valence-corrected chi connectivity index (χ4v) is 4.81. The minimum Gasteiger partial charge on any atom is -0.329 e. The van der Waals surface area contributed by atoms with Crippen molar-refractivity contribution in [1.82, 2.24) is 20.0 Å². The van der Waals surface area contributed by atoms with Gasteiger partial charge in [-0.3, -0.25) is 9.59 Å². The Balaban J connectivity index is 1.25. The van der Waals surface area contributed by atoms with Crippen LogP contribution in [0.1, 0.15) is 25.0 Å². The van der Waals surface area contributed by atoms with Gasteiger partial charge in [-0.1, -0.05) is 12.1 Å². The summed E-state index contributed by atoms with van der Waals surface area (Å²) in [5.74, 6) is 0.182. The van der Waals surface area contributed by atoms with Crippen LogP contribution in [-0.2, 0) is 16.1 Å². The Hall–Kier alpha value is -2.83. The van der Waals surface area contributed by atoms with E-state index in [0.29, 0.717) is 36.0 Å². The number of piperazine rings is 1. The maximum Gasteiger partial charge on any atom is 0.312 e. The highest BCUT2D eigenvalue weighted by molar-refractivity contribution is 6.35. The van der Waals surface area contributed by atoms with Crippen LogP contribution in [0.5, 0.6) is 0 Å². The molecule has 144 valence electrons. The van der Waals surface area contributed by atoms with E-state index in [1.165, 1.54) is 25.0 Å². The zero-order chi connectivity index (χ0) is 19.3. The van der Waals surface area contributed by atoms with Crippen molar-refractivity contribution in [2.75, 3.05) is 13.1 Å². The highest BCUT2D eigenvalue weighted by Gasteiger charge is 2.50. The van der Waals surface area contributed by atoms with Crippen molar-refractivity contribution in [2.45, 2.75) is 31.8 Å². The summed E-state index contributed by atoms with van der Waals surface area (Å²) in [5, 5.41) is 8.31. The van der Waals surface area contributed by atoms with E-state index in [1.54, 1.807) is 34.1 Å². The molecule has 1 atom stereocenters. The van der Waals surface area contributed by atoms with E-state index in [0.717, 1.165) is 12.3 Å². The van der Waals surface area contributed by atoms with Crippen molar-refractivity contribution in [3.05, 3.63) is 47.9 Å². The highest BCUT2D eigenvalue weighted by Crippen LogP contribution is 2.50. The van der Waals surface area contributed by atoms with Crippen molar-refractivity contribution in [3.8, 4) is 11.3 Å². The normalized spacial score (nSPS) is 26.5. The van der Waals surface area contributed by atoms with E-state index in [-0.39, 0.29) is 24.3 Å². The predicted octanol–water partition coefficient (Wildman–Crippen LogP) is 2.25. The molecule has 2 bridgehead atoms. The van der Waals surface area contributed by atoms with Gasteiger partial charge < -0.3 is 9.80 Å². The maximum absolute atomic E-state index is 13.4. The summed E-state index contributed by atoms with van der Waals surface area (Å²) in [5.41, 5.74) is 1.82. The molecule has 0 radical (unpaired) electrons. The summed E-state index contributed by atoms with van der Waals surface area (Å²) in [6, 6.07) is 9.95. The first-order valence-electron chi connectivity index (χ1n) is 9.77. The molecule has 0 spiro atoms. The number of benzene rings is 1. The molecule has 2 amide bonds. The van der Waals surface area contributed by atoms with Crippen LogP contribution in [0, 0.1) is 17.7 Å². The Morgan fingerprint density at radius 2 is 1.86 bits per heavy atom. The SMILES string of the molecule is O=C1C(=O)N([C@@H]2CC3CC2C3)CCN1Cc1ccc(-c2cccc(F)c2)nn1. The molecule has 3 aliphatic carbocycles. The highest BCUT2D eigenvalue weighted by atomic mass is 19.1. The van der Waals surface area contributed by atoms with Crippen LogP contribution in [0.25, 0.3) is 11.3 Å². The Kier molecular flexibility index (Phi) is 4.10. The van der Waals surface area contributed by atoms with Gasteiger partial charge in [-0.05, 0) is 55.4 Å². The Morgan fingerprint density at radius 3 is 2.54 bits per heavy atom. The van der Waals surface area contributed by atoms with Crippen molar-refractivity contribution >= 4 is 11.8 Å². The molecule has 28 heavy (non-hydrogen) atoms. The molecule has 4 aliphatic rings. The lowest BCUT2D eigenvalue weighted by Gasteiger charge is -2.38. The first-order valence-corrected chi connectivity index (χ1v) is 9.77. The molecule has 1 aromatic heterocycles. The molecule has 0 N–H and O–H groups in total. The summed E-state index contributed by atoms with van der Waals surface area (Å²) in [4.78, 5) is 28.5. The van der Waals surface area contributed by atoms with Crippen LogP contribution < -0.4 is 0 Å². The van der Waals surface area contributed by atoms with Gasteiger partial charge in [-0.15, -0.1) is 0 Å². The van der Waals surface area contributed by atoms with Gasteiger partial charge >= 0.3 is 11.8 Å². The first kappa shape index (κ1) is 17.3. The minimum absolute atomic E-state index is 0.256. The fourth-order valence-electron chi connectivity index (χ4n) is 4.81. The Labute approximate surface area is 162 Å². The molecule has 0 unspecified atom stereocenters. The van der Waals surface area contributed by atoms with Gasteiger partial charge in [-0.2, -0.15) is 10.2 Å². The molecule has 4 fully saturated rings. The number of carbonyl (C=O) groups excluding carboxylic acids is 2. The zero-order valence-electron chi connectivity index (χ0n) is 15.4.